The van der Waals surface area contributed by atoms with E-state index in [1.54, 1.807) is 24.3 Å². The molecule has 3 rings (SSSR count). The number of nitrogens with two attached hydrogens (primary N) is 2. The maximum atomic E-state index is 11.5. The summed E-state index contributed by atoms with van der Waals surface area (Å²) in [6.45, 7) is 3.82. The highest BCUT2D eigenvalue weighted by atomic mass is 32.1. The number of anilines is 1. The summed E-state index contributed by atoms with van der Waals surface area (Å²) in [7, 11) is 0. The highest BCUT2D eigenvalue weighted by molar-refractivity contribution is 7.80. The predicted octanol–water partition coefficient (Wildman–Crippen LogP) is 4.97. The molecule has 3 aromatic carbocycles. The average molecular weight is 452 g/mol. The fourth-order valence-corrected chi connectivity index (χ4v) is 3.27. The molecule has 0 aliphatic heterocycles. The molecule has 0 saturated carbocycles. The van der Waals surface area contributed by atoms with E-state index in [1.165, 1.54) is 6.92 Å². The molecule has 0 unspecified atom stereocenters. The number of Topliss-reactive ketones (excluding diaryl/α,β-unsaturated/α-hetero) is 1. The molecule has 32 heavy (non-hydrogen) atoms. The number of carbonyl (C=O) groups is 1. The van der Waals surface area contributed by atoms with E-state index in [0.29, 0.717) is 41.2 Å². The molecule has 0 heterocycles. The zero-order valence-corrected chi connectivity index (χ0v) is 19.2. The third-order valence-corrected chi connectivity index (χ3v) is 4.90. The first-order valence-electron chi connectivity index (χ1n) is 10.2. The quantitative estimate of drug-likeness (QED) is 0.114. The standard InChI is InChI=1S/C18H21NO3.C7H8N2S/c1-3-5-16-17(9-8-15(12(2)20)18(16)21)22-11-13-6-4-7-14(19)10-13;8-7(9)5-2-1-3-6(10)4-5/h4,6-10,21H,3,5,11,19H2,1-2H3;1-4,10H,(H3,8,9). The van der Waals surface area contributed by atoms with E-state index >= 15 is 0 Å². The Bertz CT molecular complexity index is 1100. The summed E-state index contributed by atoms with van der Waals surface area (Å²) in [4.78, 5) is 12.4. The molecule has 0 aromatic heterocycles. The molecule has 168 valence electrons. The fraction of sp³-hybridized carbons (Fsp3) is 0.200. The van der Waals surface area contributed by atoms with Gasteiger partial charge >= 0.3 is 0 Å². The van der Waals surface area contributed by atoms with Crippen molar-refractivity contribution in [2.24, 2.45) is 5.73 Å². The number of amidine groups is 1. The van der Waals surface area contributed by atoms with E-state index in [4.69, 9.17) is 21.6 Å². The van der Waals surface area contributed by atoms with Crippen LogP contribution in [0.2, 0.25) is 0 Å². The van der Waals surface area contributed by atoms with Gasteiger partial charge in [0.25, 0.3) is 0 Å². The van der Waals surface area contributed by atoms with E-state index < -0.39 is 0 Å². The number of nitrogens with one attached hydrogen (secondary N) is 1. The Labute approximate surface area is 194 Å². The van der Waals surface area contributed by atoms with Gasteiger partial charge in [-0.3, -0.25) is 10.2 Å². The minimum atomic E-state index is -0.155. The number of carbonyl (C=O) groups excluding carboxylic acids is 1. The molecule has 0 saturated heterocycles. The van der Waals surface area contributed by atoms with Crippen LogP contribution in [0.4, 0.5) is 5.69 Å². The van der Waals surface area contributed by atoms with Crippen molar-refractivity contribution in [2.45, 2.75) is 38.2 Å². The fourth-order valence-electron chi connectivity index (χ4n) is 3.05. The summed E-state index contributed by atoms with van der Waals surface area (Å²) in [6, 6.07) is 18.0. The van der Waals surface area contributed by atoms with E-state index in [0.717, 1.165) is 16.9 Å². The Morgan fingerprint density at radius 3 is 2.41 bits per heavy atom. The first kappa shape index (κ1) is 24.8. The zero-order chi connectivity index (χ0) is 23.7. The number of phenols is 1. The Morgan fingerprint density at radius 2 is 1.84 bits per heavy atom. The van der Waals surface area contributed by atoms with Crippen molar-refractivity contribution in [1.29, 1.82) is 5.41 Å². The molecule has 7 heteroatoms. The first-order valence-corrected chi connectivity index (χ1v) is 10.6. The van der Waals surface area contributed by atoms with Crippen molar-refractivity contribution in [2.75, 3.05) is 5.73 Å². The van der Waals surface area contributed by atoms with Crippen LogP contribution >= 0.6 is 12.6 Å². The van der Waals surface area contributed by atoms with Gasteiger partial charge in [0.05, 0.1) is 5.56 Å². The summed E-state index contributed by atoms with van der Waals surface area (Å²) in [5, 5.41) is 17.4. The number of hydrogen-bond donors (Lipinski definition) is 5. The third kappa shape index (κ3) is 7.06. The molecule has 0 aliphatic carbocycles. The number of thiol groups is 1. The van der Waals surface area contributed by atoms with Gasteiger partial charge in [0.1, 0.15) is 23.9 Å². The molecule has 0 aliphatic rings. The number of nitrogen functional groups attached to an aromatic ring is 2. The van der Waals surface area contributed by atoms with Crippen molar-refractivity contribution in [3.63, 3.8) is 0 Å². The van der Waals surface area contributed by atoms with Crippen LogP contribution < -0.4 is 16.2 Å². The molecule has 6 N–H and O–H groups in total. The molecule has 0 spiro atoms. The number of hydrogen-bond acceptors (Lipinski definition) is 6. The minimum absolute atomic E-state index is 0.0272. The summed E-state index contributed by atoms with van der Waals surface area (Å²) in [6.07, 6.45) is 1.50. The van der Waals surface area contributed by atoms with Gasteiger partial charge in [0.15, 0.2) is 5.78 Å². The second kappa shape index (κ2) is 11.8. The van der Waals surface area contributed by atoms with Crippen LogP contribution in [-0.4, -0.2) is 16.7 Å². The third-order valence-electron chi connectivity index (χ3n) is 4.62. The topological polar surface area (TPSA) is 122 Å². The van der Waals surface area contributed by atoms with Crippen molar-refractivity contribution in [3.8, 4) is 11.5 Å². The maximum absolute atomic E-state index is 11.5. The highest BCUT2D eigenvalue weighted by Crippen LogP contribution is 2.33. The molecule has 0 bridgehead atoms. The van der Waals surface area contributed by atoms with Gasteiger partial charge in [-0.25, -0.2) is 0 Å². The van der Waals surface area contributed by atoms with Crippen molar-refractivity contribution in [3.05, 3.63) is 82.9 Å². The summed E-state index contributed by atoms with van der Waals surface area (Å²) in [5.74, 6) is 0.555. The normalized spacial score (nSPS) is 10.1. The Balaban J connectivity index is 0.000000303. The summed E-state index contributed by atoms with van der Waals surface area (Å²) < 4.78 is 5.82. The molecule has 3 aromatic rings. The highest BCUT2D eigenvalue weighted by Gasteiger charge is 2.15. The van der Waals surface area contributed by atoms with E-state index in [2.05, 4.69) is 12.6 Å². The molecule has 0 radical (unpaired) electrons. The van der Waals surface area contributed by atoms with Crippen LogP contribution in [0.1, 0.15) is 47.3 Å². The second-order valence-corrected chi connectivity index (χ2v) is 7.76. The van der Waals surface area contributed by atoms with E-state index in [-0.39, 0.29) is 17.4 Å². The molecular formula is C25H29N3O3S. The predicted molar refractivity (Wildman–Crippen MR) is 132 cm³/mol. The monoisotopic (exact) mass is 451 g/mol. The van der Waals surface area contributed by atoms with Crippen LogP contribution in [0.3, 0.4) is 0 Å². The van der Waals surface area contributed by atoms with Gasteiger partial charge in [-0.1, -0.05) is 37.6 Å². The summed E-state index contributed by atoms with van der Waals surface area (Å²) >= 11 is 4.10. The molecular weight excluding hydrogens is 422 g/mol. The maximum Gasteiger partial charge on any atom is 0.163 e. The molecule has 6 nitrogen and oxygen atoms in total. The van der Waals surface area contributed by atoms with Gasteiger partial charge in [-0.05, 0) is 55.3 Å². The molecule has 0 amide bonds. The SMILES string of the molecule is CCCc1c(OCc2cccc(N)c2)ccc(C(C)=O)c1O.N=C(N)c1cccc(S)c1. The largest absolute Gasteiger partial charge is 0.507 e. The Hall–Kier alpha value is -3.45. The lowest BCUT2D eigenvalue weighted by Crippen LogP contribution is -2.10. The van der Waals surface area contributed by atoms with Gasteiger partial charge in [-0.2, -0.15) is 0 Å². The lowest BCUT2D eigenvalue weighted by Gasteiger charge is -2.15. The molecule has 0 atom stereocenters. The lowest BCUT2D eigenvalue weighted by molar-refractivity contribution is 0.101. The van der Waals surface area contributed by atoms with Crippen LogP contribution in [0, 0.1) is 5.41 Å². The summed E-state index contributed by atoms with van der Waals surface area (Å²) in [5.41, 5.74) is 14.4. The van der Waals surface area contributed by atoms with E-state index in [1.807, 2.05) is 43.3 Å². The van der Waals surface area contributed by atoms with E-state index in [9.17, 15) is 9.90 Å². The van der Waals surface area contributed by atoms with Crippen LogP contribution in [-0.2, 0) is 13.0 Å². The number of ether oxygens (including phenoxy) is 1. The zero-order valence-electron chi connectivity index (χ0n) is 18.3. The smallest absolute Gasteiger partial charge is 0.163 e. The van der Waals surface area contributed by atoms with Crippen LogP contribution in [0.5, 0.6) is 11.5 Å². The van der Waals surface area contributed by atoms with Gasteiger partial charge in [0.2, 0.25) is 0 Å². The number of aromatic hydroxyl groups is 1. The second-order valence-electron chi connectivity index (χ2n) is 7.24. The van der Waals surface area contributed by atoms with Crippen LogP contribution in [0.25, 0.3) is 0 Å². The lowest BCUT2D eigenvalue weighted by atomic mass is 10.0. The number of benzene rings is 3. The average Bonchev–Trinajstić information content (AvgIpc) is 2.74. The van der Waals surface area contributed by atoms with Gasteiger partial charge < -0.3 is 21.3 Å². The Morgan fingerprint density at radius 1 is 1.12 bits per heavy atom. The van der Waals surface area contributed by atoms with Crippen LogP contribution in [0.15, 0.2) is 65.6 Å². The van der Waals surface area contributed by atoms with Crippen molar-refractivity contribution < 1.29 is 14.6 Å². The first-order chi connectivity index (χ1) is 15.2. The van der Waals surface area contributed by atoms with Crippen molar-refractivity contribution >= 4 is 29.9 Å². The van der Waals surface area contributed by atoms with Gasteiger partial charge in [-0.15, -0.1) is 12.6 Å². The number of ketones is 1. The number of rotatable bonds is 7. The van der Waals surface area contributed by atoms with Crippen molar-refractivity contribution in [1.82, 2.24) is 0 Å². The minimum Gasteiger partial charge on any atom is -0.507 e. The van der Waals surface area contributed by atoms with Gasteiger partial charge in [0, 0.05) is 21.7 Å². The number of phenolic OH excluding ortho intramolecular Hbond substituents is 1. The molecule has 0 fully saturated rings. The Kier molecular flexibility index (Phi) is 9.16.